The molecular formula is C10H11F3N4. The molecule has 1 aromatic carbocycles. The zero-order valence-corrected chi connectivity index (χ0v) is 8.97. The molecule has 0 saturated heterocycles. The molecule has 1 rings (SSSR count). The fourth-order valence-corrected chi connectivity index (χ4v) is 1.13. The van der Waals surface area contributed by atoms with Crippen LogP contribution in [0.25, 0.3) is 0 Å². The van der Waals surface area contributed by atoms with Crippen LogP contribution in [0.15, 0.2) is 29.4 Å². The molecule has 0 heterocycles. The van der Waals surface area contributed by atoms with Gasteiger partial charge in [-0.15, -0.1) is 0 Å². The Labute approximate surface area is 95.8 Å². The Morgan fingerprint density at radius 1 is 1.41 bits per heavy atom. The average molecular weight is 244 g/mol. The van der Waals surface area contributed by atoms with E-state index in [4.69, 9.17) is 11.1 Å². The van der Waals surface area contributed by atoms with E-state index in [1.165, 1.54) is 19.1 Å². The molecule has 1 aromatic rings. The van der Waals surface area contributed by atoms with E-state index >= 15 is 0 Å². The van der Waals surface area contributed by atoms with E-state index < -0.39 is 11.7 Å². The highest BCUT2D eigenvalue weighted by atomic mass is 19.4. The maximum Gasteiger partial charge on any atom is 0.416 e. The maximum absolute atomic E-state index is 12.4. The number of nitrogens with one attached hydrogen (secondary N) is 2. The van der Waals surface area contributed by atoms with Crippen molar-refractivity contribution < 1.29 is 13.2 Å². The molecule has 0 aliphatic heterocycles. The van der Waals surface area contributed by atoms with Gasteiger partial charge in [-0.25, -0.2) is 5.43 Å². The minimum atomic E-state index is -4.38. The largest absolute Gasteiger partial charge is 0.416 e. The van der Waals surface area contributed by atoms with Gasteiger partial charge in [0.2, 0.25) is 5.96 Å². The van der Waals surface area contributed by atoms with Crippen molar-refractivity contribution in [3.63, 3.8) is 0 Å². The summed E-state index contributed by atoms with van der Waals surface area (Å²) in [5, 5.41) is 10.5. The summed E-state index contributed by atoms with van der Waals surface area (Å²) in [6.07, 6.45) is -4.38. The van der Waals surface area contributed by atoms with E-state index in [0.29, 0.717) is 11.3 Å². The molecular weight excluding hydrogens is 233 g/mol. The number of halogens is 3. The molecule has 92 valence electrons. The summed E-state index contributed by atoms with van der Waals surface area (Å²) in [5.41, 5.74) is 7.05. The van der Waals surface area contributed by atoms with Gasteiger partial charge in [0.25, 0.3) is 0 Å². The Kier molecular flexibility index (Phi) is 3.72. The highest BCUT2D eigenvalue weighted by Crippen LogP contribution is 2.29. The number of guanidine groups is 1. The Morgan fingerprint density at radius 2 is 2.06 bits per heavy atom. The third kappa shape index (κ3) is 3.78. The van der Waals surface area contributed by atoms with Gasteiger partial charge >= 0.3 is 6.18 Å². The van der Waals surface area contributed by atoms with Crippen molar-refractivity contribution in [1.82, 2.24) is 5.43 Å². The monoisotopic (exact) mass is 244 g/mol. The van der Waals surface area contributed by atoms with E-state index in [0.717, 1.165) is 12.1 Å². The first-order chi connectivity index (χ1) is 7.80. The number of hydrogen-bond acceptors (Lipinski definition) is 2. The molecule has 0 fully saturated rings. The number of hydrogen-bond donors (Lipinski definition) is 3. The Bertz CT molecular complexity index is 451. The quantitative estimate of drug-likeness (QED) is 0.422. The molecule has 0 aromatic heterocycles. The molecule has 0 bridgehead atoms. The average Bonchev–Trinajstić information content (AvgIpc) is 2.25. The molecule has 0 spiro atoms. The number of alkyl halides is 3. The summed E-state index contributed by atoms with van der Waals surface area (Å²) in [7, 11) is 0. The molecule has 0 aliphatic carbocycles. The zero-order valence-electron chi connectivity index (χ0n) is 8.97. The third-order valence-electron chi connectivity index (χ3n) is 1.95. The number of nitrogens with zero attached hydrogens (tertiary/aromatic N) is 1. The van der Waals surface area contributed by atoms with Crippen LogP contribution < -0.4 is 11.2 Å². The van der Waals surface area contributed by atoms with Crippen LogP contribution in [0.4, 0.5) is 13.2 Å². The molecule has 0 unspecified atom stereocenters. The van der Waals surface area contributed by atoms with Crippen LogP contribution in [0.2, 0.25) is 0 Å². The zero-order chi connectivity index (χ0) is 13.1. The third-order valence-corrected chi connectivity index (χ3v) is 1.95. The summed E-state index contributed by atoms with van der Waals surface area (Å²) < 4.78 is 37.3. The fourth-order valence-electron chi connectivity index (χ4n) is 1.13. The SMILES string of the molecule is CC(=NNC(=N)N)c1cccc(C(F)(F)F)c1. The summed E-state index contributed by atoms with van der Waals surface area (Å²) in [5.74, 6) is -0.378. The van der Waals surface area contributed by atoms with Gasteiger partial charge in [-0.3, -0.25) is 5.41 Å². The lowest BCUT2D eigenvalue weighted by molar-refractivity contribution is -0.137. The van der Waals surface area contributed by atoms with Crippen LogP contribution in [-0.2, 0) is 6.18 Å². The highest BCUT2D eigenvalue weighted by Gasteiger charge is 2.30. The maximum atomic E-state index is 12.4. The predicted octanol–water partition coefficient (Wildman–Crippen LogP) is 1.91. The first kappa shape index (κ1) is 13.0. The minimum Gasteiger partial charge on any atom is -0.369 e. The van der Waals surface area contributed by atoms with E-state index in [1.807, 2.05) is 0 Å². The van der Waals surface area contributed by atoms with Gasteiger partial charge in [-0.05, 0) is 24.6 Å². The standard InChI is InChI=1S/C10H11F3N4/c1-6(16-17-9(14)15)7-3-2-4-8(5-7)10(11,12)13/h2-5H,1H3,(H4,14,15,17). The molecule has 0 amide bonds. The van der Waals surface area contributed by atoms with Crippen LogP contribution in [0.1, 0.15) is 18.1 Å². The van der Waals surface area contributed by atoms with Gasteiger partial charge in [-0.1, -0.05) is 12.1 Å². The molecule has 4 nitrogen and oxygen atoms in total. The minimum absolute atomic E-state index is 0.311. The van der Waals surface area contributed by atoms with E-state index in [2.05, 4.69) is 10.5 Å². The van der Waals surface area contributed by atoms with Crippen molar-refractivity contribution in [3.8, 4) is 0 Å². The van der Waals surface area contributed by atoms with Crippen LogP contribution >= 0.6 is 0 Å². The molecule has 0 radical (unpaired) electrons. The van der Waals surface area contributed by atoms with Gasteiger partial charge < -0.3 is 5.73 Å². The first-order valence-corrected chi connectivity index (χ1v) is 4.62. The first-order valence-electron chi connectivity index (χ1n) is 4.62. The van der Waals surface area contributed by atoms with Crippen molar-refractivity contribution in [3.05, 3.63) is 35.4 Å². The number of benzene rings is 1. The normalized spacial score (nSPS) is 12.4. The number of hydrazone groups is 1. The number of nitrogens with two attached hydrogens (primary N) is 1. The van der Waals surface area contributed by atoms with E-state index in [1.54, 1.807) is 0 Å². The van der Waals surface area contributed by atoms with Crippen molar-refractivity contribution >= 4 is 11.7 Å². The summed E-state index contributed by atoms with van der Waals surface area (Å²) in [6, 6.07) is 4.76. The molecule has 7 heteroatoms. The summed E-state index contributed by atoms with van der Waals surface area (Å²) in [6.45, 7) is 1.52. The van der Waals surface area contributed by atoms with Crippen LogP contribution in [0.5, 0.6) is 0 Å². The molecule has 4 N–H and O–H groups in total. The van der Waals surface area contributed by atoms with Crippen molar-refractivity contribution in [2.24, 2.45) is 10.8 Å². The fraction of sp³-hybridized carbons (Fsp3) is 0.200. The van der Waals surface area contributed by atoms with Crippen LogP contribution in [0, 0.1) is 5.41 Å². The highest BCUT2D eigenvalue weighted by molar-refractivity contribution is 5.99. The predicted molar refractivity (Wildman–Crippen MR) is 58.7 cm³/mol. The van der Waals surface area contributed by atoms with Gasteiger partial charge in [0.1, 0.15) is 0 Å². The van der Waals surface area contributed by atoms with Crippen molar-refractivity contribution in [2.45, 2.75) is 13.1 Å². The summed E-state index contributed by atoms with van der Waals surface area (Å²) >= 11 is 0. The smallest absolute Gasteiger partial charge is 0.369 e. The van der Waals surface area contributed by atoms with Crippen molar-refractivity contribution in [1.29, 1.82) is 5.41 Å². The van der Waals surface area contributed by atoms with Crippen molar-refractivity contribution in [2.75, 3.05) is 0 Å². The topological polar surface area (TPSA) is 74.3 Å². The second-order valence-corrected chi connectivity index (χ2v) is 3.30. The molecule has 0 aliphatic rings. The van der Waals surface area contributed by atoms with Crippen LogP contribution in [-0.4, -0.2) is 11.7 Å². The molecule has 0 atom stereocenters. The summed E-state index contributed by atoms with van der Waals surface area (Å²) in [4.78, 5) is 0. The number of rotatable bonds is 2. The van der Waals surface area contributed by atoms with E-state index in [-0.39, 0.29) is 5.96 Å². The van der Waals surface area contributed by atoms with Gasteiger partial charge in [0, 0.05) is 0 Å². The molecule has 17 heavy (non-hydrogen) atoms. The van der Waals surface area contributed by atoms with Gasteiger partial charge in [0.05, 0.1) is 11.3 Å². The second-order valence-electron chi connectivity index (χ2n) is 3.30. The van der Waals surface area contributed by atoms with Crippen LogP contribution in [0.3, 0.4) is 0 Å². The lowest BCUT2D eigenvalue weighted by atomic mass is 10.1. The van der Waals surface area contributed by atoms with Gasteiger partial charge in [0.15, 0.2) is 0 Å². The lowest BCUT2D eigenvalue weighted by Crippen LogP contribution is -2.26. The molecule has 0 saturated carbocycles. The Balaban J connectivity index is 3.00. The van der Waals surface area contributed by atoms with E-state index in [9.17, 15) is 13.2 Å². The van der Waals surface area contributed by atoms with Gasteiger partial charge in [-0.2, -0.15) is 18.3 Å². The Hall–Kier alpha value is -2.05. The Morgan fingerprint density at radius 3 is 2.59 bits per heavy atom. The second kappa shape index (κ2) is 4.86. The lowest BCUT2D eigenvalue weighted by Gasteiger charge is -2.08.